The van der Waals surface area contributed by atoms with Crippen LogP contribution in [0.1, 0.15) is 40.4 Å². The van der Waals surface area contributed by atoms with Gasteiger partial charge in [-0.25, -0.2) is 19.6 Å². The number of nitrogens with one attached hydrogen (secondary N) is 2. The maximum absolute atomic E-state index is 12.4. The lowest BCUT2D eigenvalue weighted by molar-refractivity contribution is 0.0512. The van der Waals surface area contributed by atoms with E-state index in [1.165, 1.54) is 7.11 Å². The largest absolute Gasteiger partial charge is 0.508 e. The van der Waals surface area contributed by atoms with Gasteiger partial charge in [0.2, 0.25) is 11.8 Å². The number of H-pyrrole nitrogens is 2. The zero-order chi connectivity index (χ0) is 32.8. The van der Waals surface area contributed by atoms with Gasteiger partial charge in [-0.2, -0.15) is 0 Å². The number of aromatic amines is 2. The Hall–Kier alpha value is -5.84. The first kappa shape index (κ1) is 31.6. The molecule has 3 N–H and O–H groups in total. The second kappa shape index (κ2) is 13.9. The molecule has 4 heterocycles. The van der Waals surface area contributed by atoms with Gasteiger partial charge in [-0.3, -0.25) is 0 Å². The second-order valence-corrected chi connectivity index (χ2v) is 10.1. The molecule has 0 unspecified atom stereocenters. The number of rotatable bonds is 8. The molecule has 6 aromatic rings. The van der Waals surface area contributed by atoms with Gasteiger partial charge in [0.1, 0.15) is 17.1 Å². The first-order chi connectivity index (χ1) is 22.3. The van der Waals surface area contributed by atoms with Crippen molar-refractivity contribution in [3.05, 3.63) is 90.0 Å². The van der Waals surface area contributed by atoms with Gasteiger partial charge in [-0.1, -0.05) is 11.6 Å². The summed E-state index contributed by atoms with van der Waals surface area (Å²) in [4.78, 5) is 39.3. The fraction of sp³-hybridized carbons (Fsp3) is 0.200. The number of esters is 2. The van der Waals surface area contributed by atoms with Gasteiger partial charge in [-0.05, 0) is 75.4 Å². The number of hydrogen-bond acceptors (Lipinski definition) is 9. The van der Waals surface area contributed by atoms with Crippen LogP contribution in [0, 0.1) is 6.92 Å². The zero-order valence-corrected chi connectivity index (χ0v) is 26.1. The van der Waals surface area contributed by atoms with Crippen molar-refractivity contribution in [3.8, 4) is 39.8 Å². The number of phenolic OH excluding ortho intramolecular Hbond substituents is 1. The van der Waals surface area contributed by atoms with Crippen molar-refractivity contribution in [2.45, 2.75) is 20.8 Å². The molecule has 0 saturated carbocycles. The van der Waals surface area contributed by atoms with E-state index in [0.29, 0.717) is 51.8 Å². The molecule has 0 radical (unpaired) electrons. The normalized spacial score (nSPS) is 10.7. The lowest BCUT2D eigenvalue weighted by Crippen LogP contribution is -2.07. The number of aromatic nitrogens is 4. The smallest absolute Gasteiger partial charge is 0.355 e. The molecule has 0 aliphatic rings. The van der Waals surface area contributed by atoms with Crippen molar-refractivity contribution in [2.24, 2.45) is 0 Å². The van der Waals surface area contributed by atoms with Crippen molar-refractivity contribution in [1.29, 1.82) is 0 Å². The number of methoxy groups -OCH3 is 2. The molecule has 0 bridgehead atoms. The number of carbonyl (C=O) groups is 2. The second-order valence-electron chi connectivity index (χ2n) is 10.1. The van der Waals surface area contributed by atoms with Crippen molar-refractivity contribution in [2.75, 3.05) is 27.4 Å². The van der Waals surface area contributed by atoms with E-state index in [4.69, 9.17) is 18.9 Å². The summed E-state index contributed by atoms with van der Waals surface area (Å²) in [5, 5.41) is 11.4. The van der Waals surface area contributed by atoms with Gasteiger partial charge in [0.15, 0.2) is 0 Å². The summed E-state index contributed by atoms with van der Waals surface area (Å²) >= 11 is 0. The van der Waals surface area contributed by atoms with Gasteiger partial charge >= 0.3 is 11.9 Å². The molecular formula is C35H34N4O7. The maximum atomic E-state index is 12.4. The molecular weight excluding hydrogens is 588 g/mol. The Labute approximate surface area is 265 Å². The molecule has 0 atom stereocenters. The summed E-state index contributed by atoms with van der Waals surface area (Å²) in [6, 6.07) is 18.1. The van der Waals surface area contributed by atoms with Crippen molar-refractivity contribution < 1.29 is 33.6 Å². The van der Waals surface area contributed by atoms with E-state index in [0.717, 1.165) is 27.6 Å². The summed E-state index contributed by atoms with van der Waals surface area (Å²) in [6.45, 7) is 6.13. The predicted octanol–water partition coefficient (Wildman–Crippen LogP) is 6.84. The monoisotopic (exact) mass is 622 g/mol. The minimum absolute atomic E-state index is 0.107. The fourth-order valence-electron chi connectivity index (χ4n) is 5.25. The number of carbonyl (C=O) groups excluding carboxylic acids is 2. The summed E-state index contributed by atoms with van der Waals surface area (Å²) in [5.74, 6) is 0.116. The van der Waals surface area contributed by atoms with Gasteiger partial charge in [0.25, 0.3) is 0 Å². The molecule has 0 aliphatic carbocycles. The maximum Gasteiger partial charge on any atom is 0.355 e. The van der Waals surface area contributed by atoms with Gasteiger partial charge in [0.05, 0.1) is 27.4 Å². The fourth-order valence-corrected chi connectivity index (χ4v) is 5.25. The van der Waals surface area contributed by atoms with E-state index in [-0.39, 0.29) is 18.3 Å². The van der Waals surface area contributed by atoms with Crippen LogP contribution < -0.4 is 9.47 Å². The van der Waals surface area contributed by atoms with Gasteiger partial charge in [0, 0.05) is 56.5 Å². The lowest BCUT2D eigenvalue weighted by atomic mass is 10.0. The molecule has 4 aromatic heterocycles. The van der Waals surface area contributed by atoms with E-state index in [1.54, 1.807) is 63.7 Å². The SMILES string of the molecule is CCOC(=O)c1[nH]c2ccc(C)cc2c1-c1cccnc1OC.CCOC(=O)c1[nH]c2ccc(O)cc2c1-c1cccnc1OC. The summed E-state index contributed by atoms with van der Waals surface area (Å²) in [6.07, 6.45) is 3.27. The molecule has 0 spiro atoms. The van der Waals surface area contributed by atoms with Crippen molar-refractivity contribution in [3.63, 3.8) is 0 Å². The number of pyridine rings is 2. The number of aryl methyl sites for hydroxylation is 1. The Kier molecular flexibility index (Phi) is 9.51. The average Bonchev–Trinajstić information content (AvgIpc) is 3.63. The Bertz CT molecular complexity index is 1880. The Morgan fingerprint density at radius 1 is 0.717 bits per heavy atom. The number of ether oxygens (including phenoxy) is 4. The summed E-state index contributed by atoms with van der Waals surface area (Å²) in [7, 11) is 3.08. The standard InChI is InChI=1S/C18H18N2O3.C17H16N2O4/c1-4-23-18(21)16-15(12-6-5-9-19-17(12)22-3)13-10-11(2)7-8-14(13)20-16;1-3-23-17(21)15-14(11-5-4-8-18-16(11)22-2)12-9-10(20)6-7-13(12)19-15/h5-10,20H,4H2,1-3H3;4-9,19-20H,3H2,1-2H3. The molecule has 0 fully saturated rings. The van der Waals surface area contributed by atoms with Gasteiger partial charge in [-0.15, -0.1) is 0 Å². The Morgan fingerprint density at radius 2 is 1.20 bits per heavy atom. The third-order valence-electron chi connectivity index (χ3n) is 7.16. The summed E-state index contributed by atoms with van der Waals surface area (Å²) in [5.41, 5.74) is 6.18. The third-order valence-corrected chi connectivity index (χ3v) is 7.16. The molecule has 0 saturated heterocycles. The Balaban J connectivity index is 0.000000181. The molecule has 0 amide bonds. The van der Waals surface area contributed by atoms with Crippen LogP contribution in [0.15, 0.2) is 73.1 Å². The highest BCUT2D eigenvalue weighted by Crippen LogP contribution is 2.39. The molecule has 46 heavy (non-hydrogen) atoms. The molecule has 11 heteroatoms. The molecule has 6 rings (SSSR count). The van der Waals surface area contributed by atoms with Crippen LogP contribution in [0.2, 0.25) is 0 Å². The summed E-state index contributed by atoms with van der Waals surface area (Å²) < 4.78 is 21.0. The molecule has 2 aromatic carbocycles. The average molecular weight is 623 g/mol. The van der Waals surface area contributed by atoms with Crippen LogP contribution in [0.25, 0.3) is 44.1 Å². The first-order valence-corrected chi connectivity index (χ1v) is 14.6. The highest BCUT2D eigenvalue weighted by atomic mass is 16.5. The van der Waals surface area contributed by atoms with Crippen LogP contribution >= 0.6 is 0 Å². The van der Waals surface area contributed by atoms with Crippen molar-refractivity contribution >= 4 is 33.7 Å². The number of fused-ring (bicyclic) bond motifs is 2. The quantitative estimate of drug-likeness (QED) is 0.155. The highest BCUT2D eigenvalue weighted by molar-refractivity contribution is 6.10. The number of phenols is 1. The molecule has 236 valence electrons. The first-order valence-electron chi connectivity index (χ1n) is 14.6. The van der Waals surface area contributed by atoms with Crippen LogP contribution in [-0.2, 0) is 9.47 Å². The van der Waals surface area contributed by atoms with Crippen molar-refractivity contribution in [1.82, 2.24) is 19.9 Å². The van der Waals surface area contributed by atoms with E-state index in [9.17, 15) is 14.7 Å². The minimum atomic E-state index is -0.468. The zero-order valence-electron chi connectivity index (χ0n) is 26.1. The van der Waals surface area contributed by atoms with Gasteiger partial charge < -0.3 is 34.0 Å². The number of hydrogen-bond donors (Lipinski definition) is 3. The number of benzene rings is 2. The van der Waals surface area contributed by atoms with E-state index in [1.807, 2.05) is 37.3 Å². The van der Waals surface area contributed by atoms with E-state index < -0.39 is 5.97 Å². The number of aromatic hydroxyl groups is 1. The van der Waals surface area contributed by atoms with E-state index >= 15 is 0 Å². The van der Waals surface area contributed by atoms with E-state index in [2.05, 4.69) is 19.9 Å². The van der Waals surface area contributed by atoms with Crippen LogP contribution in [0.5, 0.6) is 17.5 Å². The van der Waals surface area contributed by atoms with Crippen LogP contribution in [0.3, 0.4) is 0 Å². The minimum Gasteiger partial charge on any atom is -0.508 e. The molecule has 11 nitrogen and oxygen atoms in total. The van der Waals surface area contributed by atoms with Crippen LogP contribution in [-0.4, -0.2) is 64.4 Å². The highest BCUT2D eigenvalue weighted by Gasteiger charge is 2.24. The third kappa shape index (κ3) is 6.20. The Morgan fingerprint density at radius 3 is 1.67 bits per heavy atom. The number of nitrogens with zero attached hydrogens (tertiary/aromatic N) is 2. The predicted molar refractivity (Wildman–Crippen MR) is 174 cm³/mol. The van der Waals surface area contributed by atoms with Crippen LogP contribution in [0.4, 0.5) is 0 Å². The molecule has 0 aliphatic heterocycles. The lowest BCUT2D eigenvalue weighted by Gasteiger charge is -2.09. The topological polar surface area (TPSA) is 149 Å².